The number of nitrogens with zero attached hydrogens (tertiary/aromatic N) is 6. The number of nitriles is 1. The van der Waals surface area contributed by atoms with Crippen molar-refractivity contribution in [2.75, 3.05) is 18.0 Å². The Hall–Kier alpha value is -5.13. The third-order valence-electron chi connectivity index (χ3n) is 11.0. The van der Waals surface area contributed by atoms with E-state index < -0.39 is 23.7 Å². The first kappa shape index (κ1) is 34.0. The Morgan fingerprint density at radius 3 is 2.52 bits per heavy atom. The highest BCUT2D eigenvalue weighted by Crippen LogP contribution is 2.37. The Labute approximate surface area is 304 Å². The molecule has 0 spiro atoms. The smallest absolute Gasteiger partial charge is 0.272 e. The highest BCUT2D eigenvalue weighted by Gasteiger charge is 2.46. The number of aromatic nitrogens is 2. The molecule has 5 fully saturated rings. The molecule has 4 amide bonds. The fourth-order valence-electron chi connectivity index (χ4n) is 8.14. The summed E-state index contributed by atoms with van der Waals surface area (Å²) < 4.78 is 21.4. The molecule has 3 unspecified atom stereocenters. The van der Waals surface area contributed by atoms with Crippen LogP contribution in [-0.2, 0) is 22.7 Å². The zero-order valence-corrected chi connectivity index (χ0v) is 28.9. The van der Waals surface area contributed by atoms with E-state index in [1.54, 1.807) is 30.3 Å². The molecule has 1 aromatic heterocycles. The van der Waals surface area contributed by atoms with Crippen LogP contribution in [0.15, 0.2) is 42.5 Å². The number of rotatable bonds is 8. The predicted molar refractivity (Wildman–Crippen MR) is 185 cm³/mol. The largest absolute Gasteiger partial charge is 0.490 e. The van der Waals surface area contributed by atoms with E-state index in [0.717, 1.165) is 32.1 Å². The van der Waals surface area contributed by atoms with Crippen LogP contribution in [0.1, 0.15) is 82.5 Å². The lowest BCUT2D eigenvalue weighted by Gasteiger charge is -2.56. The molecule has 268 valence electrons. The molecule has 2 bridgehead atoms. The molecule has 3 aromatic rings. The van der Waals surface area contributed by atoms with Crippen molar-refractivity contribution in [2.45, 2.75) is 88.3 Å². The highest BCUT2D eigenvalue weighted by atomic mass is 35.5. The monoisotopic (exact) mass is 726 g/mol. The number of piperazine rings is 1. The molecule has 6 heterocycles. The summed E-state index contributed by atoms with van der Waals surface area (Å²) in [6, 6.07) is 13.2. The lowest BCUT2D eigenvalue weighted by molar-refractivity contribution is -0.136. The van der Waals surface area contributed by atoms with Gasteiger partial charge in [0.05, 0.1) is 16.7 Å². The number of halogens is 2. The van der Waals surface area contributed by atoms with Crippen LogP contribution in [0.25, 0.3) is 0 Å². The number of anilines is 1. The second-order valence-electron chi connectivity index (χ2n) is 14.2. The maximum Gasteiger partial charge on any atom is 0.272 e. The Balaban J connectivity index is 0.819. The zero-order valence-electron chi connectivity index (χ0n) is 28.2. The third kappa shape index (κ3) is 6.54. The van der Waals surface area contributed by atoms with E-state index in [1.807, 2.05) is 12.1 Å². The van der Waals surface area contributed by atoms with E-state index in [1.165, 1.54) is 11.0 Å². The summed E-state index contributed by atoms with van der Waals surface area (Å²) in [7, 11) is 0. The van der Waals surface area contributed by atoms with Gasteiger partial charge in [-0.2, -0.15) is 5.26 Å². The Bertz CT molecular complexity index is 1990. The number of hydrogen-bond acceptors (Lipinski definition) is 10. The second-order valence-corrected chi connectivity index (χ2v) is 14.6. The third-order valence-corrected chi connectivity index (χ3v) is 11.3. The van der Waals surface area contributed by atoms with Crippen molar-refractivity contribution >= 4 is 41.0 Å². The number of hydrogen-bond donors (Lipinski definition) is 2. The van der Waals surface area contributed by atoms with Crippen LogP contribution < -0.4 is 20.3 Å². The zero-order chi connectivity index (χ0) is 36.1. The van der Waals surface area contributed by atoms with Crippen molar-refractivity contribution < 1.29 is 28.3 Å². The van der Waals surface area contributed by atoms with Crippen LogP contribution in [0, 0.1) is 17.1 Å². The minimum Gasteiger partial charge on any atom is -0.490 e. The number of fused-ring (bicyclic) bond motifs is 3. The lowest BCUT2D eigenvalue weighted by atomic mass is 9.86. The number of amides is 4. The average Bonchev–Trinajstić information content (AvgIpc) is 3.45. The van der Waals surface area contributed by atoms with Crippen molar-refractivity contribution in [3.05, 3.63) is 81.3 Å². The van der Waals surface area contributed by atoms with E-state index in [-0.39, 0.29) is 66.7 Å². The number of carbonyl (C=O) groups is 4. The molecule has 6 aliphatic rings. The summed E-state index contributed by atoms with van der Waals surface area (Å²) in [4.78, 5) is 55.9. The number of benzene rings is 2. The maximum absolute atomic E-state index is 15.3. The Morgan fingerprint density at radius 2 is 1.83 bits per heavy atom. The van der Waals surface area contributed by atoms with Crippen molar-refractivity contribution in [1.29, 1.82) is 5.26 Å². The first-order valence-corrected chi connectivity index (χ1v) is 18.0. The molecule has 1 saturated carbocycles. The van der Waals surface area contributed by atoms with Crippen LogP contribution in [0.4, 0.5) is 10.2 Å². The molecule has 0 radical (unpaired) electrons. The van der Waals surface area contributed by atoms with Gasteiger partial charge in [-0.15, -0.1) is 10.2 Å². The van der Waals surface area contributed by atoms with Gasteiger partial charge in [-0.05, 0) is 80.5 Å². The standard InChI is InChI=1S/C37H36ClFN8O5/c38-29-13-27(4-1-20(29)15-40)52-26-5-2-23(3-6-26)41-35(49)31-7-9-33(44-43-31)45-18-24-12-25(19-45)46(24)17-22-11-21-16-47(37(51)28(21)14-30(22)39)32-8-10-34(48)42-36(32)50/h1,4,7,9,11,13-14,23-26,32H,2-3,5-6,8,10,12,16-19H2,(H,41,49)(H,42,48,50)/t23-,24?,25?,26-,32?. The van der Waals surface area contributed by atoms with Gasteiger partial charge in [-0.25, -0.2) is 4.39 Å². The molecule has 2 aromatic carbocycles. The number of carbonyl (C=O) groups excluding carboxylic acids is 4. The van der Waals surface area contributed by atoms with Gasteiger partial charge >= 0.3 is 0 Å². The molecule has 52 heavy (non-hydrogen) atoms. The lowest BCUT2D eigenvalue weighted by Crippen LogP contribution is -2.68. The maximum atomic E-state index is 15.3. The molecule has 13 nitrogen and oxygen atoms in total. The van der Waals surface area contributed by atoms with E-state index in [4.69, 9.17) is 21.6 Å². The van der Waals surface area contributed by atoms with Gasteiger partial charge in [0.15, 0.2) is 11.5 Å². The average molecular weight is 727 g/mol. The number of nitrogens with one attached hydrogen (secondary N) is 2. The Morgan fingerprint density at radius 1 is 1.04 bits per heavy atom. The fraction of sp³-hybridized carbons (Fsp3) is 0.432. The summed E-state index contributed by atoms with van der Waals surface area (Å²) in [5.74, 6) is -0.650. The normalized spacial score (nSPS) is 25.6. The highest BCUT2D eigenvalue weighted by molar-refractivity contribution is 6.31. The molecule has 3 atom stereocenters. The number of piperidine rings is 2. The van der Waals surface area contributed by atoms with E-state index in [0.29, 0.717) is 52.9 Å². The van der Waals surface area contributed by atoms with E-state index in [9.17, 15) is 19.2 Å². The van der Waals surface area contributed by atoms with Crippen molar-refractivity contribution in [1.82, 2.24) is 30.6 Å². The molecule has 5 aliphatic heterocycles. The molecule has 9 rings (SSSR count). The van der Waals surface area contributed by atoms with Crippen LogP contribution >= 0.6 is 11.6 Å². The van der Waals surface area contributed by atoms with E-state index in [2.05, 4.69) is 30.6 Å². The van der Waals surface area contributed by atoms with Gasteiger partial charge in [0, 0.05) is 67.9 Å². The quantitative estimate of drug-likeness (QED) is 0.329. The van der Waals surface area contributed by atoms with E-state index >= 15 is 4.39 Å². The molecular weight excluding hydrogens is 691 g/mol. The van der Waals surface area contributed by atoms with Crippen LogP contribution in [0.5, 0.6) is 5.75 Å². The first-order chi connectivity index (χ1) is 25.1. The first-order valence-electron chi connectivity index (χ1n) is 17.6. The van der Waals surface area contributed by atoms with Crippen LogP contribution in [-0.4, -0.2) is 87.0 Å². The number of imide groups is 1. The minimum absolute atomic E-state index is 0.00107. The van der Waals surface area contributed by atoms with Crippen molar-refractivity contribution in [3.8, 4) is 11.8 Å². The van der Waals surface area contributed by atoms with Crippen molar-refractivity contribution in [3.63, 3.8) is 0 Å². The topological polar surface area (TPSA) is 161 Å². The predicted octanol–water partition coefficient (Wildman–Crippen LogP) is 3.48. The summed E-state index contributed by atoms with van der Waals surface area (Å²) in [6.45, 7) is 1.97. The van der Waals surface area contributed by atoms with Crippen LogP contribution in [0.3, 0.4) is 0 Å². The van der Waals surface area contributed by atoms with Crippen LogP contribution in [0.2, 0.25) is 5.02 Å². The molecule has 1 aliphatic carbocycles. The van der Waals surface area contributed by atoms with Gasteiger partial charge < -0.3 is 19.9 Å². The van der Waals surface area contributed by atoms with Crippen molar-refractivity contribution in [2.24, 2.45) is 0 Å². The molecule has 4 saturated heterocycles. The second kappa shape index (κ2) is 13.8. The molecular formula is C37H36ClFN8O5. The van der Waals surface area contributed by atoms with Gasteiger partial charge in [0.2, 0.25) is 11.8 Å². The summed E-state index contributed by atoms with van der Waals surface area (Å²) >= 11 is 6.13. The fourth-order valence-corrected chi connectivity index (χ4v) is 8.35. The molecule has 15 heteroatoms. The Kier molecular flexibility index (Phi) is 9.00. The summed E-state index contributed by atoms with van der Waals surface area (Å²) in [5, 5.41) is 23.4. The van der Waals surface area contributed by atoms with Gasteiger partial charge in [-0.3, -0.25) is 29.4 Å². The summed E-state index contributed by atoms with van der Waals surface area (Å²) in [6.07, 6.45) is 4.44. The van der Waals surface area contributed by atoms with Gasteiger partial charge in [0.25, 0.3) is 11.8 Å². The summed E-state index contributed by atoms with van der Waals surface area (Å²) in [5.41, 5.74) is 2.11. The number of ether oxygens (including phenoxy) is 1. The van der Waals surface area contributed by atoms with Gasteiger partial charge in [0.1, 0.15) is 23.7 Å². The molecule has 2 N–H and O–H groups in total. The van der Waals surface area contributed by atoms with Gasteiger partial charge in [-0.1, -0.05) is 11.6 Å². The SMILES string of the molecule is N#Cc1ccc(O[C@H]2CC[C@H](NC(=O)c3ccc(N4CC5CC(C4)N5Cc4cc5c(cc4F)C(=O)N(C4CCC(=O)NC4=O)C5)nn3)CC2)cc1Cl. The minimum atomic E-state index is -0.745.